The highest BCUT2D eigenvalue weighted by Gasteiger charge is 2.45. The number of nitrogens with zero attached hydrogens (tertiary/aromatic N) is 2. The van der Waals surface area contributed by atoms with E-state index in [1.807, 2.05) is 0 Å². The van der Waals surface area contributed by atoms with Crippen molar-refractivity contribution >= 4 is 28.7 Å². The Balaban J connectivity index is 1.55. The minimum Gasteiger partial charge on any atom is -0.463 e. The van der Waals surface area contributed by atoms with E-state index in [1.54, 1.807) is 31.3 Å². The van der Waals surface area contributed by atoms with Gasteiger partial charge in [-0.05, 0) is 18.6 Å². The zero-order valence-electron chi connectivity index (χ0n) is 14.1. The summed E-state index contributed by atoms with van der Waals surface area (Å²) in [4.78, 5) is 52.2. The van der Waals surface area contributed by atoms with Crippen molar-refractivity contribution in [3.63, 3.8) is 0 Å². The van der Waals surface area contributed by atoms with Crippen LogP contribution >= 0.6 is 0 Å². The third-order valence-corrected chi connectivity index (χ3v) is 4.92. The van der Waals surface area contributed by atoms with Gasteiger partial charge in [0, 0.05) is 19.6 Å². The molecule has 2 saturated heterocycles. The number of piperazine rings is 1. The molecule has 0 radical (unpaired) electrons. The van der Waals surface area contributed by atoms with E-state index in [9.17, 15) is 19.2 Å². The first-order valence-electron chi connectivity index (χ1n) is 8.31. The van der Waals surface area contributed by atoms with E-state index in [1.165, 1.54) is 9.80 Å². The van der Waals surface area contributed by atoms with Crippen molar-refractivity contribution in [3.8, 4) is 0 Å². The van der Waals surface area contributed by atoms with Gasteiger partial charge in [-0.25, -0.2) is 0 Å². The molecule has 8 nitrogen and oxygen atoms in total. The first-order valence-corrected chi connectivity index (χ1v) is 8.31. The Kier molecular flexibility index (Phi) is 3.75. The van der Waals surface area contributed by atoms with Crippen LogP contribution in [0.4, 0.5) is 0 Å². The van der Waals surface area contributed by atoms with Crippen LogP contribution < -0.4 is 10.7 Å². The molecule has 2 aliphatic rings. The lowest BCUT2D eigenvalue weighted by molar-refractivity contribution is -0.152. The standard InChI is InChI=1S/C18H17N3O5/c1-20-8-15(22)21-7-10(6-13(21)18(20)25)19-17(24)12-9-26-14-5-3-2-4-11(14)16(12)23/h2-5,9-10,13H,6-8H2,1H3,(H,19,24)/t10-,13+/m1/s1. The van der Waals surface area contributed by atoms with E-state index >= 15 is 0 Å². The summed E-state index contributed by atoms with van der Waals surface area (Å²) in [6, 6.07) is 5.74. The van der Waals surface area contributed by atoms with Crippen LogP contribution in [0, 0.1) is 0 Å². The van der Waals surface area contributed by atoms with Gasteiger partial charge in [0.15, 0.2) is 0 Å². The number of para-hydroxylation sites is 1. The number of likely N-dealkylation sites (N-methyl/N-ethyl adjacent to an activating group) is 1. The van der Waals surface area contributed by atoms with E-state index in [0.29, 0.717) is 17.4 Å². The zero-order chi connectivity index (χ0) is 18.4. The molecule has 26 heavy (non-hydrogen) atoms. The molecule has 2 fully saturated rings. The molecule has 2 atom stereocenters. The van der Waals surface area contributed by atoms with Gasteiger partial charge >= 0.3 is 0 Å². The highest BCUT2D eigenvalue weighted by molar-refractivity contribution is 5.98. The molecule has 2 aromatic rings. The van der Waals surface area contributed by atoms with Crippen LogP contribution in [0.3, 0.4) is 0 Å². The second-order valence-corrected chi connectivity index (χ2v) is 6.64. The summed E-state index contributed by atoms with van der Waals surface area (Å²) in [5, 5.41) is 3.08. The predicted molar refractivity (Wildman–Crippen MR) is 91.5 cm³/mol. The van der Waals surface area contributed by atoms with Gasteiger partial charge in [-0.15, -0.1) is 0 Å². The Morgan fingerprint density at radius 3 is 2.81 bits per heavy atom. The first kappa shape index (κ1) is 16.3. The summed E-state index contributed by atoms with van der Waals surface area (Å²) in [7, 11) is 1.59. The molecule has 0 saturated carbocycles. The fourth-order valence-corrected chi connectivity index (χ4v) is 3.57. The minimum absolute atomic E-state index is 0.0459. The van der Waals surface area contributed by atoms with Crippen molar-refractivity contribution in [1.82, 2.24) is 15.1 Å². The van der Waals surface area contributed by atoms with Crippen molar-refractivity contribution in [1.29, 1.82) is 0 Å². The quantitative estimate of drug-likeness (QED) is 0.815. The number of carbonyl (C=O) groups excluding carboxylic acids is 3. The number of hydrogen-bond acceptors (Lipinski definition) is 5. The number of nitrogens with one attached hydrogen (secondary N) is 1. The molecule has 0 unspecified atom stereocenters. The summed E-state index contributed by atoms with van der Waals surface area (Å²) < 4.78 is 5.37. The molecule has 134 valence electrons. The molecule has 0 aliphatic carbocycles. The highest BCUT2D eigenvalue weighted by atomic mass is 16.3. The Morgan fingerprint density at radius 1 is 1.23 bits per heavy atom. The molecule has 8 heteroatoms. The molecule has 1 aromatic carbocycles. The van der Waals surface area contributed by atoms with Gasteiger partial charge in [0.25, 0.3) is 5.91 Å². The van der Waals surface area contributed by atoms with Crippen molar-refractivity contribution in [2.24, 2.45) is 0 Å². The normalized spacial score (nSPS) is 22.7. The molecule has 1 aromatic heterocycles. The van der Waals surface area contributed by atoms with Crippen molar-refractivity contribution in [3.05, 3.63) is 46.3 Å². The lowest BCUT2D eigenvalue weighted by Crippen LogP contribution is -2.55. The summed E-state index contributed by atoms with van der Waals surface area (Å²) in [5.41, 5.74) is -0.0958. The zero-order valence-corrected chi connectivity index (χ0v) is 14.1. The Bertz CT molecular complexity index is 982. The number of benzene rings is 1. The summed E-state index contributed by atoms with van der Waals surface area (Å²) in [6.07, 6.45) is 1.48. The number of fused-ring (bicyclic) bond motifs is 2. The van der Waals surface area contributed by atoms with Gasteiger partial charge in [-0.3, -0.25) is 19.2 Å². The molecule has 1 N–H and O–H groups in total. The smallest absolute Gasteiger partial charge is 0.258 e. The lowest BCUT2D eigenvalue weighted by Gasteiger charge is -2.33. The molecule has 0 bridgehead atoms. The maximum Gasteiger partial charge on any atom is 0.258 e. The SMILES string of the molecule is CN1CC(=O)N2C[C@H](NC(=O)c3coc4ccccc4c3=O)C[C@H]2C1=O. The Labute approximate surface area is 148 Å². The number of amides is 3. The predicted octanol–water partition coefficient (Wildman–Crippen LogP) is -0.0357. The van der Waals surface area contributed by atoms with Gasteiger partial charge in [-0.2, -0.15) is 0 Å². The van der Waals surface area contributed by atoms with Crippen molar-refractivity contribution < 1.29 is 18.8 Å². The number of carbonyl (C=O) groups is 3. The molecule has 3 amide bonds. The van der Waals surface area contributed by atoms with Crippen molar-refractivity contribution in [2.75, 3.05) is 20.1 Å². The van der Waals surface area contributed by atoms with E-state index in [-0.39, 0.29) is 30.5 Å². The van der Waals surface area contributed by atoms with Gasteiger partial charge < -0.3 is 19.5 Å². The van der Waals surface area contributed by atoms with Crippen LogP contribution in [0.25, 0.3) is 11.0 Å². The van der Waals surface area contributed by atoms with Crippen LogP contribution in [0.5, 0.6) is 0 Å². The third-order valence-electron chi connectivity index (χ3n) is 4.92. The summed E-state index contributed by atoms with van der Waals surface area (Å²) >= 11 is 0. The molecule has 2 aliphatic heterocycles. The fourth-order valence-electron chi connectivity index (χ4n) is 3.57. The lowest BCUT2D eigenvalue weighted by atomic mass is 10.1. The molecule has 0 spiro atoms. The van der Waals surface area contributed by atoms with Gasteiger partial charge in [-0.1, -0.05) is 12.1 Å². The minimum atomic E-state index is -0.567. The molecular weight excluding hydrogens is 338 g/mol. The topological polar surface area (TPSA) is 99.9 Å². The maximum atomic E-state index is 12.5. The number of hydrogen-bond donors (Lipinski definition) is 1. The molecular formula is C18H17N3O5. The average molecular weight is 355 g/mol. The Morgan fingerprint density at radius 2 is 2.00 bits per heavy atom. The highest BCUT2D eigenvalue weighted by Crippen LogP contribution is 2.23. The van der Waals surface area contributed by atoms with E-state index < -0.39 is 23.4 Å². The van der Waals surface area contributed by atoms with E-state index in [4.69, 9.17) is 4.42 Å². The molecule has 4 rings (SSSR count). The van der Waals surface area contributed by atoms with Crippen LogP contribution in [0.15, 0.2) is 39.7 Å². The summed E-state index contributed by atoms with van der Waals surface area (Å²) in [5.74, 6) is -0.840. The monoisotopic (exact) mass is 355 g/mol. The average Bonchev–Trinajstić information content (AvgIpc) is 3.05. The van der Waals surface area contributed by atoms with E-state index in [2.05, 4.69) is 5.32 Å². The fraction of sp³-hybridized carbons (Fsp3) is 0.333. The van der Waals surface area contributed by atoms with Crippen LogP contribution in [0.2, 0.25) is 0 Å². The second-order valence-electron chi connectivity index (χ2n) is 6.64. The van der Waals surface area contributed by atoms with Gasteiger partial charge in [0.1, 0.15) is 23.5 Å². The second kappa shape index (κ2) is 5.98. The Hall–Kier alpha value is -3.16. The molecule has 3 heterocycles. The van der Waals surface area contributed by atoms with Crippen LogP contribution in [0.1, 0.15) is 16.8 Å². The largest absolute Gasteiger partial charge is 0.463 e. The summed E-state index contributed by atoms with van der Waals surface area (Å²) in [6.45, 7) is 0.304. The van der Waals surface area contributed by atoms with E-state index in [0.717, 1.165) is 6.26 Å². The van der Waals surface area contributed by atoms with Gasteiger partial charge in [0.05, 0.1) is 11.9 Å². The first-order chi connectivity index (χ1) is 12.5. The van der Waals surface area contributed by atoms with Crippen LogP contribution in [-0.2, 0) is 9.59 Å². The van der Waals surface area contributed by atoms with Crippen LogP contribution in [-0.4, -0.2) is 59.7 Å². The maximum absolute atomic E-state index is 12.5. The van der Waals surface area contributed by atoms with Crippen molar-refractivity contribution in [2.45, 2.75) is 18.5 Å². The number of rotatable bonds is 2. The third kappa shape index (κ3) is 2.54. The van der Waals surface area contributed by atoms with Gasteiger partial charge in [0.2, 0.25) is 17.2 Å².